The summed E-state index contributed by atoms with van der Waals surface area (Å²) in [6.45, 7) is 4.60. The van der Waals surface area contributed by atoms with Gasteiger partial charge in [0.1, 0.15) is 48.3 Å². The van der Waals surface area contributed by atoms with Crippen LogP contribution in [0.4, 0.5) is 0 Å². The van der Waals surface area contributed by atoms with E-state index in [1.807, 2.05) is 13.2 Å². The number of likely N-dealkylation sites (N-methyl/N-ethyl adjacent to an activating group) is 2. The highest BCUT2D eigenvalue weighted by Gasteiger charge is 2.55. The van der Waals surface area contributed by atoms with Crippen LogP contribution in [0, 0.1) is 0 Å². The maximum absolute atomic E-state index is 14.2. The summed E-state index contributed by atoms with van der Waals surface area (Å²) in [5, 5.41) is 36.4. The van der Waals surface area contributed by atoms with Gasteiger partial charge >= 0.3 is 0 Å². The molecule has 0 radical (unpaired) electrons. The van der Waals surface area contributed by atoms with E-state index in [2.05, 4.69) is 4.90 Å². The summed E-state index contributed by atoms with van der Waals surface area (Å²) in [7, 11) is 9.33. The zero-order valence-electron chi connectivity index (χ0n) is 39.3. The Morgan fingerprint density at radius 1 is 0.971 bits per heavy atom. The number of phenolic OH excluding ortho intramolecular Hbond substituents is 2. The predicted octanol–water partition coefficient (Wildman–Crippen LogP) is 2.09. The largest absolute Gasteiger partial charge is 0.507 e. The molecule has 20 nitrogen and oxygen atoms in total. The van der Waals surface area contributed by atoms with Gasteiger partial charge in [-0.15, -0.1) is 0 Å². The van der Waals surface area contributed by atoms with Crippen LogP contribution in [0.1, 0.15) is 75.8 Å². The summed E-state index contributed by atoms with van der Waals surface area (Å²) in [5.74, 6) is -3.67. The summed E-state index contributed by atoms with van der Waals surface area (Å²) < 4.78 is 52.7. The second kappa shape index (κ2) is 22.4. The Morgan fingerprint density at radius 2 is 1.72 bits per heavy atom. The molecule has 2 aromatic carbocycles. The predicted molar refractivity (Wildman–Crippen MR) is 245 cm³/mol. The SMILES string of the molecule is COc1cccc2c1C(=O)c1c(O)c3c(c(O)c1C2=O)C[C@@](O)(C(=O)COCC(=O)N(C)CCN(C)C(=O)[C@@H](C)OCCOCCSSC)C[C@@H]3O[C@H]1C[C@H]2[C@H](O[C@@H]3[C@@H](OC)OCCN32)[C@H](C)O1. The van der Waals surface area contributed by atoms with E-state index in [0.29, 0.717) is 26.4 Å². The van der Waals surface area contributed by atoms with Gasteiger partial charge in [0.2, 0.25) is 11.7 Å². The third-order valence-corrected chi connectivity index (χ3v) is 14.9. The molecule has 0 saturated carbocycles. The smallest absolute Gasteiger partial charge is 0.251 e. The summed E-state index contributed by atoms with van der Waals surface area (Å²) >= 11 is 0. The van der Waals surface area contributed by atoms with Crippen molar-refractivity contribution < 1.29 is 81.9 Å². The fourth-order valence-electron chi connectivity index (χ4n) is 9.50. The van der Waals surface area contributed by atoms with Crippen molar-refractivity contribution in [2.45, 2.75) is 88.0 Å². The molecule has 2 aromatic rings. The highest BCUT2D eigenvalue weighted by molar-refractivity contribution is 8.76. The van der Waals surface area contributed by atoms with Gasteiger partial charge in [0.15, 0.2) is 30.4 Å². The van der Waals surface area contributed by atoms with E-state index in [1.165, 1.54) is 49.3 Å². The van der Waals surface area contributed by atoms with Gasteiger partial charge in [-0.05, 0) is 26.2 Å². The second-order valence-electron chi connectivity index (χ2n) is 17.3. The number of carbonyl (C=O) groups excluding carboxylic acids is 5. The van der Waals surface area contributed by atoms with Crippen molar-refractivity contribution in [2.24, 2.45) is 0 Å². The Bertz CT molecular complexity index is 2220. The number of ether oxygens (including phenoxy) is 9. The van der Waals surface area contributed by atoms with Crippen LogP contribution in [0.3, 0.4) is 0 Å². The first kappa shape index (κ1) is 51.9. The van der Waals surface area contributed by atoms with Gasteiger partial charge in [-0.2, -0.15) is 0 Å². The minimum Gasteiger partial charge on any atom is -0.507 e. The van der Waals surface area contributed by atoms with Gasteiger partial charge in [0.05, 0.1) is 62.4 Å². The van der Waals surface area contributed by atoms with Crippen molar-refractivity contribution in [1.82, 2.24) is 14.7 Å². The number of morpholine rings is 1. The van der Waals surface area contributed by atoms with Crippen molar-refractivity contribution in [1.29, 1.82) is 0 Å². The first-order valence-electron chi connectivity index (χ1n) is 22.5. The van der Waals surface area contributed by atoms with Gasteiger partial charge in [0.25, 0.3) is 5.91 Å². The fraction of sp³-hybridized carbons (Fsp3) is 0.630. The number of aliphatic hydroxyl groups is 1. The Morgan fingerprint density at radius 3 is 2.46 bits per heavy atom. The number of hydrogen-bond acceptors (Lipinski definition) is 20. The lowest BCUT2D eigenvalue weighted by molar-refractivity contribution is -0.256. The minimum absolute atomic E-state index is 0.0698. The number of amides is 2. The number of benzene rings is 2. The molecule has 374 valence electrons. The standard InChI is InChI=1S/C46H61N3O17S2/c1-24-42-28(49-13-14-63-45(59-6)44(49)66-42)19-33(64-24)65-30-21-46(57,20-27-35(30)41(55)37-36(39(27)53)38(52)26-9-8-10-29(58-5)34(26)40(37)54)31(50)22-61-23-32(51)47(3)11-12-48(4)43(56)25(2)62-16-15-60-17-18-68-67-7/h8-10,24-25,28,30,33,42,44-45,53,55,57H,11-23H2,1-7H3/t24-,25+,28-,30-,33-,42+,44+,45-,46-/m0/s1. The monoisotopic (exact) mass is 991 g/mol. The van der Waals surface area contributed by atoms with Gasteiger partial charge in [-0.1, -0.05) is 33.7 Å². The molecule has 0 aromatic heterocycles. The van der Waals surface area contributed by atoms with Crippen LogP contribution < -0.4 is 4.74 Å². The lowest BCUT2D eigenvalue weighted by Gasteiger charge is -2.43. The van der Waals surface area contributed by atoms with E-state index in [1.54, 1.807) is 35.6 Å². The number of hydrogen-bond donors (Lipinski definition) is 3. The van der Waals surface area contributed by atoms with E-state index in [-0.39, 0.29) is 72.2 Å². The molecule has 0 bridgehead atoms. The molecule has 3 heterocycles. The Kier molecular flexibility index (Phi) is 17.1. The van der Waals surface area contributed by atoms with Crippen molar-refractivity contribution >= 4 is 50.8 Å². The van der Waals surface area contributed by atoms with Gasteiger partial charge in [-0.3, -0.25) is 28.9 Å². The molecule has 0 unspecified atom stereocenters. The third-order valence-electron chi connectivity index (χ3n) is 13.1. The normalized spacial score (nSPS) is 26.8. The summed E-state index contributed by atoms with van der Waals surface area (Å²) in [5.41, 5.74) is -3.77. The van der Waals surface area contributed by atoms with Gasteiger partial charge in [0, 0.05) is 88.6 Å². The maximum Gasteiger partial charge on any atom is 0.251 e. The van der Waals surface area contributed by atoms with E-state index < -0.39 is 115 Å². The second-order valence-corrected chi connectivity index (χ2v) is 20.0. The lowest BCUT2D eigenvalue weighted by Crippen LogP contribution is -2.55. The molecule has 2 amide bonds. The molecule has 22 heteroatoms. The molecule has 3 aliphatic heterocycles. The Labute approximate surface area is 402 Å². The zero-order chi connectivity index (χ0) is 49.0. The van der Waals surface area contributed by atoms with Crippen LogP contribution in [-0.2, 0) is 58.7 Å². The molecule has 3 saturated heterocycles. The average molecular weight is 992 g/mol. The number of nitrogens with zero attached hydrogens (tertiary/aromatic N) is 3. The summed E-state index contributed by atoms with van der Waals surface area (Å²) in [6.07, 6.45) is -4.08. The van der Waals surface area contributed by atoms with Crippen molar-refractivity contribution in [3.8, 4) is 17.2 Å². The highest BCUT2D eigenvalue weighted by Crippen LogP contribution is 2.53. The molecule has 2 aliphatic carbocycles. The number of ketones is 3. The van der Waals surface area contributed by atoms with E-state index >= 15 is 0 Å². The molecule has 3 fully saturated rings. The minimum atomic E-state index is -2.34. The number of carbonyl (C=O) groups is 5. The molecule has 3 N–H and O–H groups in total. The quantitative estimate of drug-likeness (QED) is 0.0787. The lowest BCUT2D eigenvalue weighted by atomic mass is 9.72. The molecular formula is C46H61N3O17S2. The highest BCUT2D eigenvalue weighted by atomic mass is 33.1. The molecule has 68 heavy (non-hydrogen) atoms. The third kappa shape index (κ3) is 10.6. The molecule has 0 spiro atoms. The van der Waals surface area contributed by atoms with Gasteiger partial charge < -0.3 is 67.8 Å². The Hall–Kier alpha value is -3.91. The zero-order valence-corrected chi connectivity index (χ0v) is 40.9. The van der Waals surface area contributed by atoms with Crippen molar-refractivity contribution in [3.05, 3.63) is 51.6 Å². The first-order chi connectivity index (χ1) is 32.5. The van der Waals surface area contributed by atoms with Crippen LogP contribution in [0.15, 0.2) is 18.2 Å². The van der Waals surface area contributed by atoms with E-state index in [0.717, 1.165) is 5.75 Å². The topological polar surface area (TPSA) is 239 Å². The molecule has 5 aliphatic rings. The summed E-state index contributed by atoms with van der Waals surface area (Å²) in [4.78, 5) is 73.3. The van der Waals surface area contributed by atoms with Crippen molar-refractivity contribution in [2.75, 3.05) is 99.6 Å². The van der Waals surface area contributed by atoms with E-state index in [4.69, 9.17) is 42.6 Å². The van der Waals surface area contributed by atoms with Crippen LogP contribution >= 0.6 is 21.6 Å². The van der Waals surface area contributed by atoms with Gasteiger partial charge in [-0.25, -0.2) is 0 Å². The number of methoxy groups -OCH3 is 2. The summed E-state index contributed by atoms with van der Waals surface area (Å²) in [6, 6.07) is 4.17. The molecule has 9 atom stereocenters. The molecule has 7 rings (SSSR count). The first-order valence-corrected chi connectivity index (χ1v) is 25.2. The molecular weight excluding hydrogens is 931 g/mol. The van der Waals surface area contributed by atoms with Crippen LogP contribution in [0.5, 0.6) is 17.2 Å². The number of rotatable bonds is 21. The number of Topliss-reactive ketones (excluding diaryl/α,β-unsaturated/α-hetero) is 1. The van der Waals surface area contributed by atoms with Crippen LogP contribution in [0.2, 0.25) is 0 Å². The Balaban J connectivity index is 1.05. The number of fused-ring (bicyclic) bond motifs is 6. The van der Waals surface area contributed by atoms with Crippen LogP contribution in [-0.4, -0.2) is 208 Å². The average Bonchev–Trinajstić information content (AvgIpc) is 3.71. The van der Waals surface area contributed by atoms with Crippen LogP contribution in [0.25, 0.3) is 0 Å². The fourth-order valence-corrected chi connectivity index (χ4v) is 10.6. The van der Waals surface area contributed by atoms with Crippen molar-refractivity contribution in [3.63, 3.8) is 0 Å². The number of aromatic hydroxyl groups is 2. The number of phenols is 2. The van der Waals surface area contributed by atoms with E-state index in [9.17, 15) is 39.3 Å². The maximum atomic E-state index is 14.2.